The molecular weight excluding hydrogens is 446 g/mol. The van der Waals surface area contributed by atoms with Gasteiger partial charge in [0.2, 0.25) is 0 Å². The number of aliphatic hydroxyl groups is 1. The van der Waals surface area contributed by atoms with Gasteiger partial charge in [-0.15, -0.1) is 0 Å². The molecular formula is C24H25NO7S. The van der Waals surface area contributed by atoms with Gasteiger partial charge in [-0.05, 0) is 43.3 Å². The zero-order chi connectivity index (χ0) is 24.0. The molecule has 3 rings (SSSR count). The third-order valence-electron chi connectivity index (χ3n) is 4.69. The van der Waals surface area contributed by atoms with Crippen molar-refractivity contribution in [2.24, 2.45) is 4.99 Å². The summed E-state index contributed by atoms with van der Waals surface area (Å²) in [6, 6.07) is 10.4. The van der Waals surface area contributed by atoms with Gasteiger partial charge in [0.15, 0.2) is 11.5 Å². The maximum atomic E-state index is 12.7. The number of rotatable bonds is 8. The third-order valence-corrected chi connectivity index (χ3v) is 5.71. The summed E-state index contributed by atoms with van der Waals surface area (Å²) in [5.74, 6) is 1.37. The minimum atomic E-state index is -0.664. The summed E-state index contributed by atoms with van der Waals surface area (Å²) >= 11 is 1.14. The van der Waals surface area contributed by atoms with E-state index in [1.165, 1.54) is 7.11 Å². The molecule has 9 heteroatoms. The van der Waals surface area contributed by atoms with Crippen molar-refractivity contribution in [1.29, 1.82) is 0 Å². The van der Waals surface area contributed by atoms with E-state index in [1.54, 1.807) is 70.7 Å². The van der Waals surface area contributed by atoms with Gasteiger partial charge in [0, 0.05) is 11.6 Å². The lowest BCUT2D eigenvalue weighted by Crippen LogP contribution is -2.12. The molecule has 2 aromatic rings. The van der Waals surface area contributed by atoms with Crippen LogP contribution < -0.4 is 18.9 Å². The van der Waals surface area contributed by atoms with Gasteiger partial charge < -0.3 is 28.8 Å². The molecule has 174 valence electrons. The zero-order valence-corrected chi connectivity index (χ0v) is 19.8. The van der Waals surface area contributed by atoms with Crippen LogP contribution in [0.5, 0.6) is 23.0 Å². The number of esters is 1. The molecule has 33 heavy (non-hydrogen) atoms. The molecule has 0 unspecified atom stereocenters. The van der Waals surface area contributed by atoms with E-state index in [0.717, 1.165) is 11.8 Å². The molecule has 0 aromatic heterocycles. The Morgan fingerprint density at radius 3 is 2.30 bits per heavy atom. The molecule has 1 aliphatic rings. The first-order valence-corrected chi connectivity index (χ1v) is 10.8. The number of benzene rings is 2. The van der Waals surface area contributed by atoms with Gasteiger partial charge in [-0.2, -0.15) is 0 Å². The SMILES string of the molecule is CCOC(=O)C1=C(O)/C(=C\c2cc(OC)ccc2OC)SC1=Nc1ccc(OC)c(OC)c1. The van der Waals surface area contributed by atoms with Crippen LogP contribution in [-0.2, 0) is 9.53 Å². The van der Waals surface area contributed by atoms with Crippen molar-refractivity contribution in [1.82, 2.24) is 0 Å². The van der Waals surface area contributed by atoms with Gasteiger partial charge >= 0.3 is 5.97 Å². The molecule has 0 atom stereocenters. The van der Waals surface area contributed by atoms with Gasteiger partial charge in [0.25, 0.3) is 0 Å². The van der Waals surface area contributed by atoms with Crippen molar-refractivity contribution in [2.75, 3.05) is 35.0 Å². The second kappa shape index (κ2) is 10.8. The van der Waals surface area contributed by atoms with Crippen molar-refractivity contribution in [3.05, 3.63) is 58.2 Å². The van der Waals surface area contributed by atoms with E-state index in [2.05, 4.69) is 4.99 Å². The van der Waals surface area contributed by atoms with E-state index in [4.69, 9.17) is 23.7 Å². The van der Waals surface area contributed by atoms with Crippen LogP contribution in [0, 0.1) is 0 Å². The van der Waals surface area contributed by atoms with Crippen molar-refractivity contribution < 1.29 is 33.6 Å². The maximum absolute atomic E-state index is 12.7. The van der Waals surface area contributed by atoms with Crippen LogP contribution in [0.1, 0.15) is 12.5 Å². The van der Waals surface area contributed by atoms with Crippen molar-refractivity contribution in [2.45, 2.75) is 6.92 Å². The maximum Gasteiger partial charge on any atom is 0.344 e. The highest BCUT2D eigenvalue weighted by Gasteiger charge is 2.33. The quantitative estimate of drug-likeness (QED) is 0.543. The Bertz CT molecular complexity index is 1140. The zero-order valence-electron chi connectivity index (χ0n) is 19.0. The monoisotopic (exact) mass is 471 g/mol. The number of aliphatic hydroxyl groups excluding tert-OH is 1. The minimum absolute atomic E-state index is 0.00949. The average Bonchev–Trinajstić information content (AvgIpc) is 3.13. The average molecular weight is 472 g/mol. The smallest absolute Gasteiger partial charge is 0.344 e. The predicted octanol–water partition coefficient (Wildman–Crippen LogP) is 4.91. The lowest BCUT2D eigenvalue weighted by molar-refractivity contribution is -0.138. The minimum Gasteiger partial charge on any atom is -0.506 e. The molecule has 0 bridgehead atoms. The normalized spacial score (nSPS) is 15.7. The molecule has 0 radical (unpaired) electrons. The van der Waals surface area contributed by atoms with Crippen LogP contribution in [0.3, 0.4) is 0 Å². The van der Waals surface area contributed by atoms with E-state index in [9.17, 15) is 9.90 Å². The number of nitrogens with zero attached hydrogens (tertiary/aromatic N) is 1. The first-order chi connectivity index (χ1) is 15.9. The highest BCUT2D eigenvalue weighted by atomic mass is 32.2. The first-order valence-electron chi connectivity index (χ1n) is 9.99. The van der Waals surface area contributed by atoms with Crippen LogP contribution in [0.2, 0.25) is 0 Å². The summed E-state index contributed by atoms with van der Waals surface area (Å²) in [5.41, 5.74) is 1.18. The number of carbonyl (C=O) groups excluding carboxylic acids is 1. The fraction of sp³-hybridized carbons (Fsp3) is 0.250. The Kier molecular flexibility index (Phi) is 7.89. The fourth-order valence-electron chi connectivity index (χ4n) is 3.10. The topological polar surface area (TPSA) is 95.8 Å². The van der Waals surface area contributed by atoms with Gasteiger partial charge in [0.05, 0.1) is 45.6 Å². The summed E-state index contributed by atoms with van der Waals surface area (Å²) in [4.78, 5) is 17.6. The van der Waals surface area contributed by atoms with Gasteiger partial charge in [0.1, 0.15) is 27.9 Å². The molecule has 0 saturated carbocycles. The molecule has 8 nitrogen and oxygen atoms in total. The molecule has 1 N–H and O–H groups in total. The Balaban J connectivity index is 2.09. The summed E-state index contributed by atoms with van der Waals surface area (Å²) in [6.45, 7) is 1.85. The Morgan fingerprint density at radius 1 is 0.970 bits per heavy atom. The van der Waals surface area contributed by atoms with Gasteiger partial charge in [-0.1, -0.05) is 11.8 Å². The van der Waals surface area contributed by atoms with Crippen LogP contribution in [0.4, 0.5) is 5.69 Å². The lowest BCUT2D eigenvalue weighted by atomic mass is 10.1. The number of aliphatic imine (C=N–C) groups is 1. The van der Waals surface area contributed by atoms with E-state index in [0.29, 0.717) is 44.2 Å². The van der Waals surface area contributed by atoms with E-state index >= 15 is 0 Å². The second-order valence-corrected chi connectivity index (χ2v) is 7.65. The number of thioether (sulfide) groups is 1. The van der Waals surface area contributed by atoms with E-state index < -0.39 is 5.97 Å². The number of hydrogen-bond donors (Lipinski definition) is 1. The lowest BCUT2D eigenvalue weighted by Gasteiger charge is -2.08. The molecule has 0 saturated heterocycles. The van der Waals surface area contributed by atoms with Crippen molar-refractivity contribution in [3.8, 4) is 23.0 Å². The molecule has 0 spiro atoms. The number of methoxy groups -OCH3 is 4. The van der Waals surface area contributed by atoms with Gasteiger partial charge in [-0.25, -0.2) is 9.79 Å². The summed E-state index contributed by atoms with van der Waals surface area (Å²) in [7, 11) is 6.18. The standard InChI is InChI=1S/C24H25NO7S/c1-6-32-24(27)21-22(26)20(12-14-11-16(28-2)8-10-17(14)29-3)33-23(21)25-15-7-9-18(30-4)19(13-15)31-5/h7-13,26H,6H2,1-5H3/b20-12+,25-23?. The Hall–Kier alpha value is -3.59. The van der Waals surface area contributed by atoms with Crippen molar-refractivity contribution in [3.63, 3.8) is 0 Å². The number of carbonyl (C=O) groups is 1. The van der Waals surface area contributed by atoms with E-state index in [-0.39, 0.29) is 17.9 Å². The molecule has 0 aliphatic carbocycles. The van der Waals surface area contributed by atoms with Crippen LogP contribution in [0.25, 0.3) is 6.08 Å². The van der Waals surface area contributed by atoms with E-state index in [1.807, 2.05) is 0 Å². The Labute approximate surface area is 196 Å². The summed E-state index contributed by atoms with van der Waals surface area (Å²) in [6.07, 6.45) is 1.71. The molecule has 1 heterocycles. The van der Waals surface area contributed by atoms with Crippen LogP contribution >= 0.6 is 11.8 Å². The third kappa shape index (κ3) is 5.25. The number of hydrogen-bond acceptors (Lipinski definition) is 9. The Morgan fingerprint density at radius 2 is 1.67 bits per heavy atom. The molecule has 1 aliphatic heterocycles. The largest absolute Gasteiger partial charge is 0.506 e. The molecule has 0 amide bonds. The molecule has 2 aromatic carbocycles. The second-order valence-electron chi connectivity index (χ2n) is 6.62. The summed E-state index contributed by atoms with van der Waals surface area (Å²) in [5, 5.41) is 11.2. The predicted molar refractivity (Wildman–Crippen MR) is 128 cm³/mol. The first kappa shape index (κ1) is 24.1. The highest BCUT2D eigenvalue weighted by molar-refractivity contribution is 8.18. The molecule has 0 fully saturated rings. The van der Waals surface area contributed by atoms with Crippen LogP contribution in [0.15, 0.2) is 57.6 Å². The van der Waals surface area contributed by atoms with Crippen LogP contribution in [-0.4, -0.2) is 51.2 Å². The van der Waals surface area contributed by atoms with Gasteiger partial charge in [-0.3, -0.25) is 0 Å². The fourth-order valence-corrected chi connectivity index (χ4v) is 4.12. The number of ether oxygens (including phenoxy) is 5. The van der Waals surface area contributed by atoms with Crippen molar-refractivity contribution >= 4 is 34.5 Å². The highest BCUT2D eigenvalue weighted by Crippen LogP contribution is 2.42. The summed E-state index contributed by atoms with van der Waals surface area (Å²) < 4.78 is 26.5.